The molecule has 70 heavy (non-hydrogen) atoms. The van der Waals surface area contributed by atoms with Gasteiger partial charge in [-0.25, -0.2) is 56.0 Å². The van der Waals surface area contributed by atoms with Crippen molar-refractivity contribution < 1.29 is 52.2 Å². The first-order chi connectivity index (χ1) is 33.2. The van der Waals surface area contributed by atoms with E-state index >= 15 is 4.39 Å². The van der Waals surface area contributed by atoms with E-state index in [1.54, 1.807) is 82.4 Å². The van der Waals surface area contributed by atoms with Crippen molar-refractivity contribution in [2.45, 2.75) is 75.4 Å². The highest BCUT2D eigenvalue weighted by molar-refractivity contribution is 7.91. The molecule has 0 spiro atoms. The summed E-state index contributed by atoms with van der Waals surface area (Å²) in [6, 6.07) is 19.4. The number of hydrogen-bond acceptors (Lipinski definition) is 15. The summed E-state index contributed by atoms with van der Waals surface area (Å²) in [6.07, 6.45) is 4.14. The van der Waals surface area contributed by atoms with Crippen LogP contribution in [0.15, 0.2) is 116 Å². The molecular weight excluding hydrogens is 984 g/mol. The predicted molar refractivity (Wildman–Crippen MR) is 259 cm³/mol. The zero-order valence-corrected chi connectivity index (χ0v) is 41.7. The molecule has 2 saturated heterocycles. The minimum absolute atomic E-state index is 0.00173. The van der Waals surface area contributed by atoms with Crippen LogP contribution in [0, 0.1) is 39.5 Å². The van der Waals surface area contributed by atoms with Gasteiger partial charge in [0, 0.05) is 68.9 Å². The first-order valence-corrected chi connectivity index (χ1v) is 28.9. The maximum absolute atomic E-state index is 16.0. The van der Waals surface area contributed by atoms with Crippen molar-refractivity contribution in [2.75, 3.05) is 23.0 Å². The Bertz CT molecular complexity index is 3430. The van der Waals surface area contributed by atoms with Gasteiger partial charge >= 0.3 is 0 Å². The first kappa shape index (κ1) is 48.9. The van der Waals surface area contributed by atoms with Crippen molar-refractivity contribution >= 4 is 61.8 Å². The zero-order chi connectivity index (χ0) is 49.9. The van der Waals surface area contributed by atoms with E-state index in [0.29, 0.717) is 68.8 Å². The highest BCUT2D eigenvalue weighted by Gasteiger charge is 2.36. The number of hydrogen-bond donors (Lipinski definition) is 1. The monoisotopic (exact) mass is 1030 g/mol. The number of nitrogens with zero attached hydrogens (tertiary/aromatic N) is 6. The fraction of sp³-hybridized carbons (Fsp3) is 0.333. The van der Waals surface area contributed by atoms with Gasteiger partial charge in [0.1, 0.15) is 37.4 Å². The Hall–Kier alpha value is -6.07. The van der Waals surface area contributed by atoms with E-state index in [1.165, 1.54) is 42.9 Å². The summed E-state index contributed by atoms with van der Waals surface area (Å²) >= 11 is 0. The number of pyridine rings is 2. The Balaban J connectivity index is 0.000000174. The van der Waals surface area contributed by atoms with Gasteiger partial charge in [-0.1, -0.05) is 46.7 Å². The molecule has 0 amide bonds. The van der Waals surface area contributed by atoms with E-state index in [9.17, 15) is 38.8 Å². The van der Waals surface area contributed by atoms with E-state index < -0.39 is 57.9 Å². The lowest BCUT2D eigenvalue weighted by Gasteiger charge is -2.26. The summed E-state index contributed by atoms with van der Waals surface area (Å²) < 4.78 is 130. The Morgan fingerprint density at radius 3 is 1.40 bits per heavy atom. The lowest BCUT2D eigenvalue weighted by molar-refractivity contribution is 0.103. The van der Waals surface area contributed by atoms with Crippen LogP contribution in [0.4, 0.5) is 4.39 Å². The maximum Gasteiger partial charge on any atom is 0.269 e. The molecule has 0 aliphatic carbocycles. The fourth-order valence-electron chi connectivity index (χ4n) is 9.44. The SMILES string of the molecule is Cc1noc(C)c1-c1cnc2c(c1)c(C(F)C1CCS(=O)(=O)CC1)cn2S(=O)(=O)c1ccccc1.Cc1noc(C)c1-c1cnc2c(c1)c(C(O)C1CCS(=O)(=O)CC1)cn2S(=O)(=O)c1ccccc1. The number of aliphatic hydroxyl groups is 1. The second-order valence-electron chi connectivity index (χ2n) is 17.8. The van der Waals surface area contributed by atoms with E-state index in [-0.39, 0.29) is 68.4 Å². The van der Waals surface area contributed by atoms with Crippen molar-refractivity contribution in [2.24, 2.45) is 11.8 Å². The molecule has 0 saturated carbocycles. The Morgan fingerprint density at radius 2 is 1.00 bits per heavy atom. The molecular formula is C48H49FN6O11S4. The summed E-state index contributed by atoms with van der Waals surface area (Å²) in [6.45, 7) is 7.12. The largest absolute Gasteiger partial charge is 0.388 e. The molecule has 2 unspecified atom stereocenters. The summed E-state index contributed by atoms with van der Waals surface area (Å²) in [7, 11) is -14.3. The molecule has 2 aliphatic rings. The average molecular weight is 1030 g/mol. The number of alkyl halides is 1. The number of aromatic nitrogens is 6. The van der Waals surface area contributed by atoms with Crippen LogP contribution in [0.3, 0.4) is 0 Å². The van der Waals surface area contributed by atoms with Crippen molar-refractivity contribution in [3.05, 3.63) is 132 Å². The minimum Gasteiger partial charge on any atom is -0.388 e. The summed E-state index contributed by atoms with van der Waals surface area (Å²) in [4.78, 5) is 9.07. The lowest BCUT2D eigenvalue weighted by Crippen LogP contribution is -2.27. The maximum atomic E-state index is 16.0. The van der Waals surface area contributed by atoms with Crippen LogP contribution in [0.25, 0.3) is 44.3 Å². The quantitative estimate of drug-likeness (QED) is 0.137. The molecule has 2 aliphatic heterocycles. The van der Waals surface area contributed by atoms with Gasteiger partial charge in [0.05, 0.1) is 50.3 Å². The third kappa shape index (κ3) is 9.22. The number of fused-ring (bicyclic) bond motifs is 2. The van der Waals surface area contributed by atoms with Gasteiger partial charge in [-0.3, -0.25) is 0 Å². The van der Waals surface area contributed by atoms with Crippen molar-refractivity contribution in [1.82, 2.24) is 28.2 Å². The molecule has 17 nitrogen and oxygen atoms in total. The van der Waals surface area contributed by atoms with Crippen LogP contribution in [-0.2, 0) is 39.7 Å². The Morgan fingerprint density at radius 1 is 0.614 bits per heavy atom. The third-order valence-electron chi connectivity index (χ3n) is 13.2. The summed E-state index contributed by atoms with van der Waals surface area (Å²) in [5, 5.41) is 20.1. The van der Waals surface area contributed by atoms with E-state index in [0.717, 1.165) is 13.5 Å². The van der Waals surface area contributed by atoms with E-state index in [2.05, 4.69) is 20.3 Å². The molecule has 6 aromatic heterocycles. The second-order valence-corrected chi connectivity index (χ2v) is 26.0. The molecule has 22 heteroatoms. The van der Waals surface area contributed by atoms with Gasteiger partial charge < -0.3 is 14.2 Å². The number of benzene rings is 2. The second kappa shape index (κ2) is 18.6. The molecule has 368 valence electrons. The van der Waals surface area contributed by atoms with Gasteiger partial charge in [-0.05, 0) is 102 Å². The molecule has 2 aromatic carbocycles. The molecule has 10 rings (SSSR count). The van der Waals surface area contributed by atoms with E-state index in [4.69, 9.17) is 9.05 Å². The predicted octanol–water partition coefficient (Wildman–Crippen LogP) is 7.78. The van der Waals surface area contributed by atoms with Crippen LogP contribution in [0.1, 0.15) is 72.0 Å². The highest BCUT2D eigenvalue weighted by Crippen LogP contribution is 2.42. The topological polar surface area (TPSA) is 244 Å². The molecule has 2 fully saturated rings. The lowest BCUT2D eigenvalue weighted by atomic mass is 9.90. The van der Waals surface area contributed by atoms with Gasteiger partial charge in [-0.15, -0.1) is 0 Å². The first-order valence-electron chi connectivity index (χ1n) is 22.4. The van der Waals surface area contributed by atoms with Crippen LogP contribution < -0.4 is 0 Å². The molecule has 2 atom stereocenters. The number of aryl methyl sites for hydroxylation is 4. The van der Waals surface area contributed by atoms with Crippen molar-refractivity contribution in [3.63, 3.8) is 0 Å². The Kier molecular flexibility index (Phi) is 13.0. The fourth-order valence-corrected chi connectivity index (χ4v) is 15.2. The van der Waals surface area contributed by atoms with Gasteiger partial charge in [0.15, 0.2) is 11.3 Å². The molecule has 0 radical (unpaired) electrons. The van der Waals surface area contributed by atoms with Gasteiger partial charge in [0.25, 0.3) is 20.0 Å². The number of aliphatic hydroxyl groups excluding tert-OH is 1. The smallest absolute Gasteiger partial charge is 0.269 e. The van der Waals surface area contributed by atoms with Crippen LogP contribution in [0.2, 0.25) is 0 Å². The molecule has 0 bridgehead atoms. The van der Waals surface area contributed by atoms with Crippen LogP contribution in [-0.4, -0.2) is 90.0 Å². The summed E-state index contributed by atoms with van der Waals surface area (Å²) in [5.41, 5.74) is 4.93. The normalized spacial score (nSPS) is 17.6. The van der Waals surface area contributed by atoms with Crippen molar-refractivity contribution in [1.29, 1.82) is 0 Å². The summed E-state index contributed by atoms with van der Waals surface area (Å²) in [5.74, 6) is 0.134. The number of sulfone groups is 2. The van der Waals surface area contributed by atoms with E-state index in [1.807, 2.05) is 0 Å². The number of rotatable bonds is 10. The number of halogens is 1. The third-order valence-corrected chi connectivity index (χ3v) is 20.0. The molecule has 8 aromatic rings. The average Bonchev–Trinajstić information content (AvgIpc) is 4.11. The van der Waals surface area contributed by atoms with Crippen molar-refractivity contribution in [3.8, 4) is 22.3 Å². The molecule has 1 N–H and O–H groups in total. The highest BCUT2D eigenvalue weighted by atomic mass is 32.2. The van der Waals surface area contributed by atoms with Crippen LogP contribution >= 0.6 is 0 Å². The van der Waals surface area contributed by atoms with Crippen LogP contribution in [0.5, 0.6) is 0 Å². The Labute approximate surface area is 404 Å². The van der Waals surface area contributed by atoms with Gasteiger partial charge in [0.2, 0.25) is 0 Å². The van der Waals surface area contributed by atoms with Gasteiger partial charge in [-0.2, -0.15) is 0 Å². The minimum atomic E-state index is -4.05. The molecule has 8 heterocycles. The standard InChI is InChI=1S/C24H24FN3O5S2.C24H25N3O6S2/c1-15-22(16(2)33-27-15)18-12-20-21(23(25)17-8-10-34(29,30)11-9-17)14-28(24(20)26-13-18)35(31,32)19-6-4-3-5-7-19;1-15-22(16(2)33-26-15)18-12-20-21(23(28)17-8-10-34(29,30)11-9-17)14-27(24(20)25-13-18)35(31,32)19-6-4-3-5-7-19/h3-7,12-14,17,23H,8-11H2,1-2H3;3-7,12-14,17,23,28H,8-11H2,1-2H3. The zero-order valence-electron chi connectivity index (χ0n) is 38.4.